The molecule has 0 spiro atoms. The lowest BCUT2D eigenvalue weighted by Gasteiger charge is -2.34. The highest BCUT2D eigenvalue weighted by molar-refractivity contribution is 5.88. The van der Waals surface area contributed by atoms with Crippen LogP contribution in [0.3, 0.4) is 0 Å². The largest absolute Gasteiger partial charge is 0.486 e. The standard InChI is InChI=1S/C37H34O6/c1-23(2)35(40)33(38)21-42-27-17-13-25(14-18-27)37(31-11-7-5-9-29(31)30-10-6-8-12-32(30)37)26-15-19-28(20-16-26)43-22-34(39)36(41)24(3)4/h5-20,35-36,40-41H,1,3,21-22H2,2,4H3. The molecule has 2 unspecified atom stereocenters. The molecule has 0 amide bonds. The Bertz CT molecular complexity index is 1560. The van der Waals surface area contributed by atoms with Crippen molar-refractivity contribution in [2.24, 2.45) is 0 Å². The fraction of sp³-hybridized carbons (Fsp3) is 0.189. The van der Waals surface area contributed by atoms with E-state index in [0.29, 0.717) is 22.6 Å². The van der Waals surface area contributed by atoms with Crippen LogP contribution in [-0.4, -0.2) is 47.2 Å². The third-order valence-electron chi connectivity index (χ3n) is 7.83. The van der Waals surface area contributed by atoms with Crippen LogP contribution in [0, 0.1) is 0 Å². The van der Waals surface area contributed by atoms with Gasteiger partial charge in [-0.2, -0.15) is 0 Å². The Balaban J connectivity index is 1.52. The molecule has 0 bridgehead atoms. The minimum absolute atomic E-state index is 0.266. The van der Waals surface area contributed by atoms with E-state index in [1.54, 1.807) is 13.8 Å². The highest BCUT2D eigenvalue weighted by Crippen LogP contribution is 2.56. The van der Waals surface area contributed by atoms with Crippen molar-refractivity contribution in [2.45, 2.75) is 31.5 Å². The Morgan fingerprint density at radius 2 is 0.977 bits per heavy atom. The molecule has 0 aliphatic heterocycles. The average molecular weight is 575 g/mol. The summed E-state index contributed by atoms with van der Waals surface area (Å²) >= 11 is 0. The minimum atomic E-state index is -1.25. The van der Waals surface area contributed by atoms with Crippen molar-refractivity contribution in [1.82, 2.24) is 0 Å². The number of carbonyl (C=O) groups excluding carboxylic acids is 2. The topological polar surface area (TPSA) is 93.1 Å². The molecule has 218 valence electrons. The highest BCUT2D eigenvalue weighted by Gasteiger charge is 2.45. The van der Waals surface area contributed by atoms with Gasteiger partial charge in [-0.15, -0.1) is 0 Å². The summed E-state index contributed by atoms with van der Waals surface area (Å²) in [6.45, 7) is 9.93. The van der Waals surface area contributed by atoms with Crippen LogP contribution >= 0.6 is 0 Å². The third-order valence-corrected chi connectivity index (χ3v) is 7.83. The molecule has 0 saturated heterocycles. The van der Waals surface area contributed by atoms with Gasteiger partial charge in [0.1, 0.15) is 36.9 Å². The number of ketones is 2. The van der Waals surface area contributed by atoms with E-state index in [2.05, 4.69) is 37.4 Å². The molecule has 0 aromatic heterocycles. The predicted octanol–water partition coefficient (Wildman–Crippen LogP) is 5.82. The number of fused-ring (bicyclic) bond motifs is 3. The van der Waals surface area contributed by atoms with Crippen LogP contribution in [0.5, 0.6) is 11.5 Å². The Morgan fingerprint density at radius 1 is 0.628 bits per heavy atom. The summed E-state index contributed by atoms with van der Waals surface area (Å²) in [6.07, 6.45) is -2.51. The number of ether oxygens (including phenoxy) is 2. The Labute approximate surface area is 251 Å². The van der Waals surface area contributed by atoms with Crippen molar-refractivity contribution in [3.05, 3.63) is 144 Å². The summed E-state index contributed by atoms with van der Waals surface area (Å²) in [6, 6.07) is 32.0. The fourth-order valence-electron chi connectivity index (χ4n) is 5.64. The van der Waals surface area contributed by atoms with Gasteiger partial charge in [-0.3, -0.25) is 9.59 Å². The average Bonchev–Trinajstić information content (AvgIpc) is 3.33. The van der Waals surface area contributed by atoms with Gasteiger partial charge in [0.15, 0.2) is 0 Å². The molecule has 1 aliphatic carbocycles. The van der Waals surface area contributed by atoms with Crippen LogP contribution in [-0.2, 0) is 15.0 Å². The smallest absolute Gasteiger partial charge is 0.202 e. The van der Waals surface area contributed by atoms with Crippen LogP contribution in [0.2, 0.25) is 0 Å². The summed E-state index contributed by atoms with van der Waals surface area (Å²) in [7, 11) is 0. The molecule has 1 aliphatic rings. The third kappa shape index (κ3) is 5.55. The highest BCUT2D eigenvalue weighted by atomic mass is 16.5. The van der Waals surface area contributed by atoms with Crippen LogP contribution in [0.1, 0.15) is 36.1 Å². The zero-order valence-corrected chi connectivity index (χ0v) is 24.2. The molecule has 2 atom stereocenters. The molecule has 4 aromatic carbocycles. The summed E-state index contributed by atoms with van der Waals surface area (Å²) in [4.78, 5) is 24.5. The number of rotatable bonds is 12. The van der Waals surface area contributed by atoms with Crippen molar-refractivity contribution in [3.8, 4) is 22.6 Å². The molecule has 43 heavy (non-hydrogen) atoms. The molecule has 6 heteroatoms. The van der Waals surface area contributed by atoms with Crippen LogP contribution in [0.4, 0.5) is 0 Å². The second kappa shape index (κ2) is 12.2. The first-order chi connectivity index (χ1) is 20.6. The molecular formula is C37H34O6. The van der Waals surface area contributed by atoms with Gasteiger partial charge in [-0.1, -0.05) is 86.0 Å². The van der Waals surface area contributed by atoms with Gasteiger partial charge in [0.2, 0.25) is 11.6 Å². The van der Waals surface area contributed by atoms with Crippen molar-refractivity contribution in [2.75, 3.05) is 13.2 Å². The number of hydrogen-bond donors (Lipinski definition) is 2. The van der Waals surface area contributed by atoms with Crippen molar-refractivity contribution < 1.29 is 29.3 Å². The summed E-state index contributed by atoms with van der Waals surface area (Å²) < 4.78 is 11.4. The lowest BCUT2D eigenvalue weighted by molar-refractivity contribution is -0.128. The van der Waals surface area contributed by atoms with Gasteiger partial charge in [0, 0.05) is 0 Å². The van der Waals surface area contributed by atoms with Gasteiger partial charge in [0.25, 0.3) is 0 Å². The van der Waals surface area contributed by atoms with Gasteiger partial charge >= 0.3 is 0 Å². The Morgan fingerprint density at radius 3 is 1.33 bits per heavy atom. The number of Topliss-reactive ketones (excluding diaryl/α,β-unsaturated/α-hetero) is 2. The van der Waals surface area contributed by atoms with E-state index in [1.807, 2.05) is 72.8 Å². The quantitative estimate of drug-likeness (QED) is 0.183. The monoisotopic (exact) mass is 574 g/mol. The van der Waals surface area contributed by atoms with Gasteiger partial charge < -0.3 is 19.7 Å². The molecule has 5 rings (SSSR count). The molecule has 0 saturated carbocycles. The second-order valence-electron chi connectivity index (χ2n) is 10.9. The number of aliphatic hydroxyl groups excluding tert-OH is 2. The number of hydrogen-bond acceptors (Lipinski definition) is 6. The Hall–Kier alpha value is -4.78. The lowest BCUT2D eigenvalue weighted by atomic mass is 9.68. The van der Waals surface area contributed by atoms with Crippen LogP contribution < -0.4 is 9.47 Å². The van der Waals surface area contributed by atoms with Crippen molar-refractivity contribution >= 4 is 11.6 Å². The van der Waals surface area contributed by atoms with Crippen LogP contribution in [0.25, 0.3) is 11.1 Å². The molecule has 0 radical (unpaired) electrons. The molecule has 6 nitrogen and oxygen atoms in total. The maximum Gasteiger partial charge on any atom is 0.202 e. The van der Waals surface area contributed by atoms with E-state index in [1.165, 1.54) is 0 Å². The van der Waals surface area contributed by atoms with E-state index in [-0.39, 0.29) is 13.2 Å². The zero-order valence-electron chi connectivity index (χ0n) is 24.2. The fourth-order valence-corrected chi connectivity index (χ4v) is 5.64. The molecule has 4 aromatic rings. The minimum Gasteiger partial charge on any atom is -0.486 e. The second-order valence-corrected chi connectivity index (χ2v) is 10.9. The number of aliphatic hydroxyl groups is 2. The van der Waals surface area contributed by atoms with Crippen molar-refractivity contribution in [3.63, 3.8) is 0 Å². The zero-order chi connectivity index (χ0) is 30.7. The first-order valence-electron chi connectivity index (χ1n) is 14.0. The van der Waals surface area contributed by atoms with E-state index >= 15 is 0 Å². The van der Waals surface area contributed by atoms with Crippen molar-refractivity contribution in [1.29, 1.82) is 0 Å². The summed E-state index contributed by atoms with van der Waals surface area (Å²) in [5.41, 5.74) is 6.60. The molecule has 0 heterocycles. The molecular weight excluding hydrogens is 540 g/mol. The first-order valence-corrected chi connectivity index (χ1v) is 14.0. The molecule has 0 fully saturated rings. The van der Waals surface area contributed by atoms with E-state index in [4.69, 9.17) is 9.47 Å². The lowest BCUT2D eigenvalue weighted by Crippen LogP contribution is -2.29. The van der Waals surface area contributed by atoms with E-state index in [0.717, 1.165) is 33.4 Å². The maximum absolute atomic E-state index is 12.2. The number of benzene rings is 4. The number of carbonyl (C=O) groups is 2. The summed E-state index contributed by atoms with van der Waals surface area (Å²) in [5, 5.41) is 19.9. The Kier molecular flexibility index (Phi) is 8.44. The first kappa shape index (κ1) is 29.7. The normalized spacial score (nSPS) is 14.1. The van der Waals surface area contributed by atoms with E-state index < -0.39 is 29.2 Å². The SMILES string of the molecule is C=C(C)C(O)C(=O)COc1ccc(C2(c3ccc(OCC(=O)C(O)C(=C)C)cc3)c3ccccc3-c3ccccc32)cc1. The predicted molar refractivity (Wildman–Crippen MR) is 166 cm³/mol. The van der Waals surface area contributed by atoms with E-state index in [9.17, 15) is 19.8 Å². The summed E-state index contributed by atoms with van der Waals surface area (Å²) in [5.74, 6) is 0.104. The molecule has 2 N–H and O–H groups in total. The van der Waals surface area contributed by atoms with Gasteiger partial charge in [-0.05, 0) is 82.6 Å². The van der Waals surface area contributed by atoms with Crippen LogP contribution in [0.15, 0.2) is 121 Å². The maximum atomic E-state index is 12.2. The van der Waals surface area contributed by atoms with Gasteiger partial charge in [-0.25, -0.2) is 0 Å². The van der Waals surface area contributed by atoms with Gasteiger partial charge in [0.05, 0.1) is 5.41 Å².